The molecule has 1 N–H and O–H groups in total. The van der Waals surface area contributed by atoms with Gasteiger partial charge < -0.3 is 4.90 Å². The molecule has 104 valence electrons. The van der Waals surface area contributed by atoms with Crippen LogP contribution in [0.2, 0.25) is 0 Å². The fourth-order valence-electron chi connectivity index (χ4n) is 2.58. The fourth-order valence-corrected chi connectivity index (χ4v) is 2.58. The third kappa shape index (κ3) is 2.95. The minimum absolute atomic E-state index is 0.105. The lowest BCUT2D eigenvalue weighted by molar-refractivity contribution is -0.130. The Morgan fingerprint density at radius 2 is 1.89 bits per heavy atom. The molecule has 1 aromatic rings. The number of rotatable bonds is 5. The molecule has 0 spiro atoms. The van der Waals surface area contributed by atoms with E-state index >= 15 is 0 Å². The molecule has 0 bridgehead atoms. The normalized spacial score (nSPS) is 23.1. The van der Waals surface area contributed by atoms with Gasteiger partial charge in [-0.1, -0.05) is 32.4 Å². The third-order valence-corrected chi connectivity index (χ3v) is 3.48. The van der Waals surface area contributed by atoms with E-state index in [9.17, 15) is 9.18 Å². The van der Waals surface area contributed by atoms with E-state index in [1.165, 1.54) is 12.1 Å². The van der Waals surface area contributed by atoms with Gasteiger partial charge in [0.15, 0.2) is 0 Å². The number of benzene rings is 1. The summed E-state index contributed by atoms with van der Waals surface area (Å²) in [7, 11) is 0. The Morgan fingerprint density at radius 1 is 1.21 bits per heavy atom. The van der Waals surface area contributed by atoms with Crippen molar-refractivity contribution in [1.29, 1.82) is 0 Å². The van der Waals surface area contributed by atoms with Crippen molar-refractivity contribution in [3.8, 4) is 0 Å². The average molecular weight is 264 g/mol. The van der Waals surface area contributed by atoms with E-state index < -0.39 is 0 Å². The van der Waals surface area contributed by atoms with Gasteiger partial charge in [-0.25, -0.2) is 4.39 Å². The van der Waals surface area contributed by atoms with Crippen molar-refractivity contribution in [2.75, 3.05) is 6.54 Å². The van der Waals surface area contributed by atoms with E-state index in [1.807, 2.05) is 4.90 Å². The van der Waals surface area contributed by atoms with E-state index in [4.69, 9.17) is 0 Å². The summed E-state index contributed by atoms with van der Waals surface area (Å²) in [6.45, 7) is 4.86. The first-order chi connectivity index (χ1) is 9.17. The molecule has 4 heteroatoms. The Hall–Kier alpha value is -1.42. The molecule has 1 heterocycles. The molecule has 1 saturated heterocycles. The van der Waals surface area contributed by atoms with Crippen LogP contribution in [0, 0.1) is 5.82 Å². The van der Waals surface area contributed by atoms with Crippen LogP contribution in [0.15, 0.2) is 24.3 Å². The number of carbonyl (C=O) groups is 1. The first-order valence-electron chi connectivity index (χ1n) is 6.99. The van der Waals surface area contributed by atoms with Gasteiger partial charge in [0.2, 0.25) is 5.91 Å². The number of hydrogen-bond donors (Lipinski definition) is 1. The van der Waals surface area contributed by atoms with E-state index in [0.29, 0.717) is 0 Å². The highest BCUT2D eigenvalue weighted by Crippen LogP contribution is 2.27. The molecule has 0 saturated carbocycles. The van der Waals surface area contributed by atoms with Crippen LogP contribution in [-0.2, 0) is 4.79 Å². The minimum atomic E-state index is -0.250. The Bertz CT molecular complexity index is 432. The lowest BCUT2D eigenvalue weighted by Crippen LogP contribution is -2.31. The van der Waals surface area contributed by atoms with Crippen LogP contribution in [-0.4, -0.2) is 23.4 Å². The summed E-state index contributed by atoms with van der Waals surface area (Å²) >= 11 is 0. The number of nitrogens with zero attached hydrogens (tertiary/aromatic N) is 1. The Labute approximate surface area is 113 Å². The molecule has 0 aliphatic carbocycles. The van der Waals surface area contributed by atoms with Crippen LogP contribution >= 0.6 is 0 Å². The average Bonchev–Trinajstić information content (AvgIpc) is 2.70. The molecule has 1 aromatic carbocycles. The molecule has 1 fully saturated rings. The first-order valence-corrected chi connectivity index (χ1v) is 6.99. The highest BCUT2D eigenvalue weighted by Gasteiger charge is 2.38. The van der Waals surface area contributed by atoms with Crippen molar-refractivity contribution >= 4 is 5.91 Å². The maximum absolute atomic E-state index is 13.0. The van der Waals surface area contributed by atoms with Crippen molar-refractivity contribution in [3.05, 3.63) is 35.6 Å². The Morgan fingerprint density at radius 3 is 2.47 bits per heavy atom. The van der Waals surface area contributed by atoms with Gasteiger partial charge >= 0.3 is 0 Å². The van der Waals surface area contributed by atoms with Gasteiger partial charge in [-0.3, -0.25) is 10.1 Å². The van der Waals surface area contributed by atoms with Gasteiger partial charge in [-0.15, -0.1) is 0 Å². The van der Waals surface area contributed by atoms with Crippen molar-refractivity contribution in [2.45, 2.75) is 45.3 Å². The van der Waals surface area contributed by atoms with Crippen LogP contribution in [0.4, 0.5) is 4.39 Å². The molecule has 2 unspecified atom stereocenters. The van der Waals surface area contributed by atoms with Crippen molar-refractivity contribution in [2.24, 2.45) is 0 Å². The van der Waals surface area contributed by atoms with Crippen LogP contribution in [0.5, 0.6) is 0 Å². The Kier molecular flexibility index (Phi) is 4.53. The summed E-state index contributed by atoms with van der Waals surface area (Å²) < 4.78 is 13.0. The highest BCUT2D eigenvalue weighted by molar-refractivity contribution is 5.84. The molecule has 0 radical (unpaired) electrons. The summed E-state index contributed by atoms with van der Waals surface area (Å²) in [5.74, 6) is -0.0850. The molecule has 19 heavy (non-hydrogen) atoms. The smallest absolute Gasteiger partial charge is 0.241 e. The van der Waals surface area contributed by atoms with Crippen molar-refractivity contribution < 1.29 is 9.18 Å². The summed E-state index contributed by atoms with van der Waals surface area (Å²) in [6, 6.07) is 6.28. The van der Waals surface area contributed by atoms with E-state index in [1.54, 1.807) is 12.1 Å². The van der Waals surface area contributed by atoms with Crippen molar-refractivity contribution in [1.82, 2.24) is 10.2 Å². The second-order valence-electron chi connectivity index (χ2n) is 4.99. The number of carbonyl (C=O) groups excluding carboxylic acids is 1. The zero-order valence-electron chi connectivity index (χ0n) is 11.5. The summed E-state index contributed by atoms with van der Waals surface area (Å²) in [4.78, 5) is 14.2. The molecule has 1 aliphatic rings. The SMILES string of the molecule is CCCC1NC(c2ccc(F)cc2)N(CCC)C1=O. The van der Waals surface area contributed by atoms with Gasteiger partial charge in [0.05, 0.1) is 6.04 Å². The van der Waals surface area contributed by atoms with E-state index in [0.717, 1.165) is 31.4 Å². The molecule has 2 atom stereocenters. The zero-order chi connectivity index (χ0) is 13.8. The van der Waals surface area contributed by atoms with Gasteiger partial charge in [0.1, 0.15) is 12.0 Å². The van der Waals surface area contributed by atoms with Gasteiger partial charge in [0.25, 0.3) is 0 Å². The lowest BCUT2D eigenvalue weighted by atomic mass is 10.1. The topological polar surface area (TPSA) is 32.3 Å². The monoisotopic (exact) mass is 264 g/mol. The van der Waals surface area contributed by atoms with Crippen LogP contribution in [0.3, 0.4) is 0 Å². The fraction of sp³-hybridized carbons (Fsp3) is 0.533. The number of nitrogens with one attached hydrogen (secondary N) is 1. The van der Waals surface area contributed by atoms with Crippen molar-refractivity contribution in [3.63, 3.8) is 0 Å². The number of halogens is 1. The van der Waals surface area contributed by atoms with Crippen LogP contribution < -0.4 is 5.32 Å². The largest absolute Gasteiger partial charge is 0.322 e. The molecule has 1 aliphatic heterocycles. The zero-order valence-corrected chi connectivity index (χ0v) is 11.5. The first kappa shape index (κ1) is 14.0. The van der Waals surface area contributed by atoms with Crippen LogP contribution in [0.1, 0.15) is 44.8 Å². The number of hydrogen-bond acceptors (Lipinski definition) is 2. The van der Waals surface area contributed by atoms with E-state index in [-0.39, 0.29) is 23.9 Å². The summed E-state index contributed by atoms with van der Waals surface area (Å²) in [5.41, 5.74) is 0.946. The standard InChI is InChI=1S/C15H21FN2O/c1-3-5-13-15(19)18(10-4-2)14(17-13)11-6-8-12(16)9-7-11/h6-9,13-14,17H,3-5,10H2,1-2H3. The molecular weight excluding hydrogens is 243 g/mol. The quantitative estimate of drug-likeness (QED) is 0.887. The molecule has 0 aromatic heterocycles. The summed E-state index contributed by atoms with van der Waals surface area (Å²) in [6.07, 6.45) is 2.62. The van der Waals surface area contributed by atoms with Gasteiger partial charge in [-0.05, 0) is 30.5 Å². The minimum Gasteiger partial charge on any atom is -0.322 e. The van der Waals surface area contributed by atoms with Crippen LogP contribution in [0.25, 0.3) is 0 Å². The number of amides is 1. The molecule has 1 amide bonds. The maximum atomic E-state index is 13.0. The summed E-state index contributed by atoms with van der Waals surface area (Å²) in [5, 5.41) is 3.37. The molecular formula is C15H21FN2O. The van der Waals surface area contributed by atoms with Gasteiger partial charge in [0, 0.05) is 6.54 Å². The second kappa shape index (κ2) is 6.15. The second-order valence-corrected chi connectivity index (χ2v) is 4.99. The highest BCUT2D eigenvalue weighted by atomic mass is 19.1. The van der Waals surface area contributed by atoms with Gasteiger partial charge in [-0.2, -0.15) is 0 Å². The Balaban J connectivity index is 2.21. The molecule has 2 rings (SSSR count). The maximum Gasteiger partial charge on any atom is 0.241 e. The lowest BCUT2D eigenvalue weighted by Gasteiger charge is -2.24. The predicted molar refractivity (Wildman–Crippen MR) is 73.0 cm³/mol. The third-order valence-electron chi connectivity index (χ3n) is 3.48. The van der Waals surface area contributed by atoms with E-state index in [2.05, 4.69) is 19.2 Å². The molecule has 3 nitrogen and oxygen atoms in total. The predicted octanol–water partition coefficient (Wildman–Crippen LogP) is 2.83.